The Bertz CT molecular complexity index is 414. The first-order chi connectivity index (χ1) is 7.21. The molecule has 5 heteroatoms. The lowest BCUT2D eigenvalue weighted by atomic mass is 9.83. The van der Waals surface area contributed by atoms with Gasteiger partial charge in [0.15, 0.2) is 0 Å². The number of nitrogen functional groups attached to an aromatic ring is 4. The lowest BCUT2D eigenvalue weighted by molar-refractivity contribution is 0.595. The molecule has 0 bridgehead atoms. The molecule has 0 spiro atoms. The molecular formula is C11H19N5. The third-order valence-corrected chi connectivity index (χ3v) is 2.54. The summed E-state index contributed by atoms with van der Waals surface area (Å²) in [5.41, 5.74) is 26.1. The van der Waals surface area contributed by atoms with Crippen LogP contribution in [0.5, 0.6) is 0 Å². The first-order valence-electron chi connectivity index (χ1n) is 4.94. The van der Waals surface area contributed by atoms with Gasteiger partial charge in [0, 0.05) is 5.56 Å². The van der Waals surface area contributed by atoms with E-state index in [0.29, 0.717) is 28.4 Å². The number of nitrogens with zero attached hydrogens (tertiary/aromatic N) is 1. The van der Waals surface area contributed by atoms with Crippen LogP contribution in [0.2, 0.25) is 0 Å². The zero-order valence-corrected chi connectivity index (χ0v) is 9.96. The van der Waals surface area contributed by atoms with E-state index in [0.717, 1.165) is 5.56 Å². The Morgan fingerprint density at radius 3 is 1.50 bits per heavy atom. The lowest BCUT2D eigenvalue weighted by Gasteiger charge is -2.26. The van der Waals surface area contributed by atoms with Crippen molar-refractivity contribution in [2.24, 2.45) is 4.99 Å². The van der Waals surface area contributed by atoms with E-state index in [2.05, 4.69) is 11.7 Å². The van der Waals surface area contributed by atoms with Gasteiger partial charge in [-0.15, -0.1) is 0 Å². The molecule has 0 saturated heterocycles. The summed E-state index contributed by atoms with van der Waals surface area (Å²) >= 11 is 0. The van der Waals surface area contributed by atoms with E-state index in [1.165, 1.54) is 0 Å². The van der Waals surface area contributed by atoms with Gasteiger partial charge in [-0.05, 0) is 12.1 Å². The molecule has 0 fully saturated rings. The van der Waals surface area contributed by atoms with Crippen LogP contribution in [0, 0.1) is 0 Å². The molecular weight excluding hydrogens is 202 g/mol. The minimum atomic E-state index is -0.226. The number of hydrogen-bond donors (Lipinski definition) is 4. The van der Waals surface area contributed by atoms with Gasteiger partial charge >= 0.3 is 0 Å². The Hall–Kier alpha value is -1.91. The predicted octanol–water partition coefficient (Wildman–Crippen LogP) is 1.64. The molecule has 0 aliphatic rings. The van der Waals surface area contributed by atoms with Gasteiger partial charge in [0.25, 0.3) is 0 Å². The Morgan fingerprint density at radius 1 is 0.875 bits per heavy atom. The Kier molecular flexibility index (Phi) is 2.73. The molecule has 0 amide bonds. The average molecular weight is 221 g/mol. The van der Waals surface area contributed by atoms with Crippen molar-refractivity contribution in [2.45, 2.75) is 26.2 Å². The summed E-state index contributed by atoms with van der Waals surface area (Å²) in [4.78, 5) is 3.75. The molecule has 0 heterocycles. The topological polar surface area (TPSA) is 116 Å². The van der Waals surface area contributed by atoms with Crippen LogP contribution in [0.3, 0.4) is 0 Å². The van der Waals surface area contributed by atoms with Crippen LogP contribution in [-0.2, 0) is 5.41 Å². The minimum absolute atomic E-state index is 0.226. The van der Waals surface area contributed by atoms with Crippen molar-refractivity contribution < 1.29 is 0 Å². The SMILES string of the molecule is C=Nc1c(N)c(N)c(C(C)(C)C)c(N)c1N. The Morgan fingerprint density at radius 2 is 1.25 bits per heavy atom. The normalized spacial score (nSPS) is 11.4. The van der Waals surface area contributed by atoms with Crippen molar-refractivity contribution >= 4 is 35.2 Å². The molecule has 8 N–H and O–H groups in total. The fourth-order valence-electron chi connectivity index (χ4n) is 1.79. The maximum absolute atomic E-state index is 5.97. The summed E-state index contributed by atoms with van der Waals surface area (Å²) in [5.74, 6) is 0. The number of hydrogen-bond acceptors (Lipinski definition) is 5. The molecule has 0 unspecified atom stereocenters. The number of nitrogens with two attached hydrogens (primary N) is 4. The van der Waals surface area contributed by atoms with Crippen molar-refractivity contribution in [3.8, 4) is 0 Å². The molecule has 1 aromatic rings. The predicted molar refractivity (Wildman–Crippen MR) is 72.0 cm³/mol. The zero-order chi connectivity index (χ0) is 12.7. The molecule has 88 valence electrons. The van der Waals surface area contributed by atoms with E-state index in [4.69, 9.17) is 22.9 Å². The molecule has 0 atom stereocenters. The van der Waals surface area contributed by atoms with Gasteiger partial charge in [0.2, 0.25) is 0 Å². The number of aliphatic imine (C=N–C) groups is 1. The number of benzene rings is 1. The summed E-state index contributed by atoms with van der Waals surface area (Å²) in [7, 11) is 0. The molecule has 1 rings (SSSR count). The maximum Gasteiger partial charge on any atom is 0.112 e. The van der Waals surface area contributed by atoms with Gasteiger partial charge in [-0.2, -0.15) is 0 Å². The smallest absolute Gasteiger partial charge is 0.112 e. The van der Waals surface area contributed by atoms with Gasteiger partial charge in [-0.1, -0.05) is 20.8 Å². The second kappa shape index (κ2) is 3.59. The largest absolute Gasteiger partial charge is 0.397 e. The Balaban J connectivity index is 3.74. The Labute approximate surface area is 95.5 Å². The van der Waals surface area contributed by atoms with Gasteiger partial charge in [-0.25, -0.2) is 0 Å². The molecule has 0 aliphatic carbocycles. The van der Waals surface area contributed by atoms with Crippen LogP contribution in [0.25, 0.3) is 0 Å². The molecule has 16 heavy (non-hydrogen) atoms. The number of anilines is 4. The van der Waals surface area contributed by atoms with Crippen molar-refractivity contribution in [3.05, 3.63) is 5.56 Å². The molecule has 0 radical (unpaired) electrons. The van der Waals surface area contributed by atoms with E-state index in [9.17, 15) is 0 Å². The second-order valence-corrected chi connectivity index (χ2v) is 4.79. The van der Waals surface area contributed by atoms with Crippen LogP contribution in [0.4, 0.5) is 28.4 Å². The van der Waals surface area contributed by atoms with Crippen molar-refractivity contribution in [2.75, 3.05) is 22.9 Å². The van der Waals surface area contributed by atoms with Crippen molar-refractivity contribution in [1.82, 2.24) is 0 Å². The summed E-state index contributed by atoms with van der Waals surface area (Å²) in [6.07, 6.45) is 0. The van der Waals surface area contributed by atoms with Gasteiger partial charge in [0.1, 0.15) is 5.69 Å². The van der Waals surface area contributed by atoms with E-state index >= 15 is 0 Å². The highest BCUT2D eigenvalue weighted by Crippen LogP contribution is 2.46. The van der Waals surface area contributed by atoms with Crippen LogP contribution in [-0.4, -0.2) is 6.72 Å². The molecule has 1 aromatic carbocycles. The first kappa shape index (κ1) is 12.2. The monoisotopic (exact) mass is 221 g/mol. The average Bonchev–Trinajstić information content (AvgIpc) is 2.14. The minimum Gasteiger partial charge on any atom is -0.397 e. The molecule has 0 aliphatic heterocycles. The summed E-state index contributed by atoms with van der Waals surface area (Å²) in [5, 5.41) is 0. The van der Waals surface area contributed by atoms with E-state index in [1.54, 1.807) is 0 Å². The summed E-state index contributed by atoms with van der Waals surface area (Å²) < 4.78 is 0. The summed E-state index contributed by atoms with van der Waals surface area (Å²) in [6.45, 7) is 9.39. The lowest BCUT2D eigenvalue weighted by Crippen LogP contribution is -2.19. The van der Waals surface area contributed by atoms with Gasteiger partial charge in [0.05, 0.1) is 22.7 Å². The van der Waals surface area contributed by atoms with Gasteiger partial charge < -0.3 is 22.9 Å². The highest BCUT2D eigenvalue weighted by Gasteiger charge is 2.25. The summed E-state index contributed by atoms with van der Waals surface area (Å²) in [6, 6.07) is 0. The fourth-order valence-corrected chi connectivity index (χ4v) is 1.79. The first-order valence-corrected chi connectivity index (χ1v) is 4.94. The highest BCUT2D eigenvalue weighted by atomic mass is 14.9. The van der Waals surface area contributed by atoms with Gasteiger partial charge in [-0.3, -0.25) is 4.99 Å². The standard InChI is InChI=1S/C11H19N5/c1-11(2,3)5-6(12)8(14)10(16-4)9(15)7(5)13/h4,12-15H2,1-3H3. The third-order valence-electron chi connectivity index (χ3n) is 2.54. The molecule has 5 nitrogen and oxygen atoms in total. The van der Waals surface area contributed by atoms with E-state index < -0.39 is 0 Å². The van der Waals surface area contributed by atoms with Crippen molar-refractivity contribution in [1.29, 1.82) is 0 Å². The van der Waals surface area contributed by atoms with Crippen molar-refractivity contribution in [3.63, 3.8) is 0 Å². The number of rotatable bonds is 1. The molecule has 0 aromatic heterocycles. The highest BCUT2D eigenvalue weighted by molar-refractivity contribution is 5.97. The van der Waals surface area contributed by atoms with E-state index in [1.807, 2.05) is 20.8 Å². The quantitative estimate of drug-likeness (QED) is 0.426. The van der Waals surface area contributed by atoms with Crippen LogP contribution in [0.15, 0.2) is 4.99 Å². The zero-order valence-electron chi connectivity index (χ0n) is 9.96. The van der Waals surface area contributed by atoms with Crippen LogP contribution in [0.1, 0.15) is 26.3 Å². The molecule has 0 saturated carbocycles. The maximum atomic E-state index is 5.97. The third kappa shape index (κ3) is 1.64. The van der Waals surface area contributed by atoms with Crippen LogP contribution < -0.4 is 22.9 Å². The van der Waals surface area contributed by atoms with E-state index in [-0.39, 0.29) is 5.41 Å². The van der Waals surface area contributed by atoms with Crippen LogP contribution >= 0.6 is 0 Å². The fraction of sp³-hybridized carbons (Fsp3) is 0.364. The second-order valence-electron chi connectivity index (χ2n) is 4.79.